The zero-order valence-corrected chi connectivity index (χ0v) is 32.2. The first-order chi connectivity index (χ1) is 24.6. The molecular weight excluding hydrogens is 676 g/mol. The van der Waals surface area contributed by atoms with E-state index in [-0.39, 0.29) is 59.0 Å². The van der Waals surface area contributed by atoms with Crippen LogP contribution in [0, 0.1) is 52.3 Å². The maximum Gasteiger partial charge on any atom is 0.186 e. The van der Waals surface area contributed by atoms with Gasteiger partial charge in [-0.15, -0.1) is 0 Å². The topological polar surface area (TPSA) is 197 Å². The summed E-state index contributed by atoms with van der Waals surface area (Å²) >= 11 is 0. The quantitative estimate of drug-likeness (QED) is 0.143. The maximum absolute atomic E-state index is 11.9. The van der Waals surface area contributed by atoms with Crippen LogP contribution < -0.4 is 0 Å². The summed E-state index contributed by atoms with van der Waals surface area (Å²) in [6.07, 6.45) is -4.28. The molecule has 7 N–H and O–H groups in total. The summed E-state index contributed by atoms with van der Waals surface area (Å²) in [7, 11) is 3.00. The van der Waals surface area contributed by atoms with Crippen LogP contribution in [0.15, 0.2) is 0 Å². The van der Waals surface area contributed by atoms with E-state index < -0.39 is 86.1 Å². The van der Waals surface area contributed by atoms with Crippen LogP contribution in [0.1, 0.15) is 86.0 Å². The maximum atomic E-state index is 11.9. The lowest BCUT2D eigenvalue weighted by atomic mass is 9.43. The molecule has 6 rings (SSSR count). The fourth-order valence-electron chi connectivity index (χ4n) is 12.4. The van der Waals surface area contributed by atoms with Gasteiger partial charge in [-0.05, 0) is 97.7 Å². The monoisotopic (exact) mass is 744 g/mol. The van der Waals surface area contributed by atoms with E-state index in [1.807, 2.05) is 0 Å². The molecular formula is C39H68O13. The molecule has 2 heterocycles. The highest BCUT2D eigenvalue weighted by Gasteiger charge is 2.66. The predicted molar refractivity (Wildman–Crippen MR) is 187 cm³/mol. The SMILES string of the molecule is CO[C@H]1[C@H](O[C@H]2CC[C@@]3(C)[C@H]([C@H]2O)[C@H](O)C[C@H]2[C@H]4[C@@H](O)C[C@H]([C@H](C)CC[C@H](O[C@H]5O[C@@H](CO)[C@H](O)[C@H]5O)C(C)C)[C@@]4(C)CC[C@@H]23)OC[C@@H](OC)[C@H]1O. The van der Waals surface area contributed by atoms with Gasteiger partial charge in [0.15, 0.2) is 12.6 Å². The summed E-state index contributed by atoms with van der Waals surface area (Å²) in [6, 6.07) is 0. The molecule has 2 saturated heterocycles. The Labute approximate surface area is 309 Å². The fourth-order valence-corrected chi connectivity index (χ4v) is 12.4. The first kappa shape index (κ1) is 41.1. The summed E-state index contributed by atoms with van der Waals surface area (Å²) in [5, 5.41) is 76.5. The minimum absolute atomic E-state index is 0.0432. The standard InChI is InChI=1S/C39H68O13/c1-18(2)25(50-36-34(46)32(44)27(16-40)52-36)9-8-19(3)22-15-24(42)29-20-14-23(41)30-31(43)26(11-13-38(30,4)21(20)10-12-39(22,29)5)51-37-35(48-7)33(45)28(47-6)17-49-37/h18-37,40-46H,8-17H2,1-7H3/t19-,20-,21+,22-,23-,24+,25+,26+,27+,28-,29+,30+,31+,32+,33-,34-,35-,36+,37+,38-,39-/m1/s1. The highest BCUT2D eigenvalue weighted by Crippen LogP contribution is 2.68. The lowest BCUT2D eigenvalue weighted by Gasteiger charge is -2.63. The average Bonchev–Trinajstić information content (AvgIpc) is 3.54. The number of ether oxygens (including phenoxy) is 6. The summed E-state index contributed by atoms with van der Waals surface area (Å²) in [5.41, 5.74) is -0.438. The van der Waals surface area contributed by atoms with Crippen molar-refractivity contribution in [2.75, 3.05) is 27.4 Å². The number of fused-ring (bicyclic) bond motifs is 5. The summed E-state index contributed by atoms with van der Waals surface area (Å²) in [4.78, 5) is 0. The Hall–Kier alpha value is -0.520. The average molecular weight is 745 g/mol. The van der Waals surface area contributed by atoms with Gasteiger partial charge in [-0.1, -0.05) is 34.6 Å². The molecule has 0 aromatic rings. The summed E-state index contributed by atoms with van der Waals surface area (Å²) < 4.78 is 34.9. The van der Waals surface area contributed by atoms with Gasteiger partial charge in [0.25, 0.3) is 0 Å². The van der Waals surface area contributed by atoms with E-state index in [0.717, 1.165) is 32.1 Å². The predicted octanol–water partition coefficient (Wildman–Crippen LogP) is 1.59. The summed E-state index contributed by atoms with van der Waals surface area (Å²) in [5.74, 6) is 0.738. The molecule has 0 unspecified atom stereocenters. The van der Waals surface area contributed by atoms with Gasteiger partial charge in [-0.2, -0.15) is 0 Å². The third kappa shape index (κ3) is 7.16. The second-order valence-electron chi connectivity index (χ2n) is 18.1. The zero-order valence-electron chi connectivity index (χ0n) is 32.2. The Balaban J connectivity index is 1.11. The van der Waals surface area contributed by atoms with Crippen LogP contribution in [-0.4, -0.2) is 143 Å². The normalized spacial score (nSPS) is 51.9. The molecule has 21 atom stereocenters. The van der Waals surface area contributed by atoms with Crippen LogP contribution in [0.5, 0.6) is 0 Å². The second kappa shape index (κ2) is 16.1. The molecule has 2 aliphatic heterocycles. The van der Waals surface area contributed by atoms with Gasteiger partial charge < -0.3 is 64.2 Å². The van der Waals surface area contributed by atoms with Gasteiger partial charge in [0.2, 0.25) is 0 Å². The molecule has 4 aliphatic carbocycles. The number of hydrogen-bond acceptors (Lipinski definition) is 13. The third-order valence-corrected chi connectivity index (χ3v) is 15.2. The van der Waals surface area contributed by atoms with E-state index >= 15 is 0 Å². The molecule has 4 saturated carbocycles. The van der Waals surface area contributed by atoms with E-state index in [1.165, 1.54) is 14.2 Å². The van der Waals surface area contributed by atoms with Crippen molar-refractivity contribution in [1.29, 1.82) is 0 Å². The van der Waals surface area contributed by atoms with E-state index in [1.54, 1.807) is 0 Å². The van der Waals surface area contributed by atoms with Crippen molar-refractivity contribution in [3.63, 3.8) is 0 Å². The lowest BCUT2D eigenvalue weighted by molar-refractivity contribution is -0.312. The Morgan fingerprint density at radius 1 is 0.750 bits per heavy atom. The molecule has 0 bridgehead atoms. The van der Waals surface area contributed by atoms with Gasteiger partial charge in [-0.3, -0.25) is 0 Å². The highest BCUT2D eigenvalue weighted by atomic mass is 16.7. The van der Waals surface area contributed by atoms with Gasteiger partial charge in [-0.25, -0.2) is 0 Å². The number of hydrogen-bond donors (Lipinski definition) is 7. The zero-order chi connectivity index (χ0) is 37.9. The van der Waals surface area contributed by atoms with Crippen LogP contribution in [0.25, 0.3) is 0 Å². The largest absolute Gasteiger partial charge is 0.394 e. The van der Waals surface area contributed by atoms with Gasteiger partial charge >= 0.3 is 0 Å². The van der Waals surface area contributed by atoms with Crippen molar-refractivity contribution in [2.24, 2.45) is 52.3 Å². The van der Waals surface area contributed by atoms with Crippen LogP contribution in [0.3, 0.4) is 0 Å². The lowest BCUT2D eigenvalue weighted by Crippen LogP contribution is -2.64. The van der Waals surface area contributed by atoms with Crippen molar-refractivity contribution >= 4 is 0 Å². The first-order valence-corrected chi connectivity index (χ1v) is 19.9. The van der Waals surface area contributed by atoms with Crippen LogP contribution >= 0.6 is 0 Å². The minimum atomic E-state index is -1.22. The van der Waals surface area contributed by atoms with Crippen molar-refractivity contribution in [2.45, 2.75) is 166 Å². The van der Waals surface area contributed by atoms with Crippen molar-refractivity contribution < 1.29 is 64.2 Å². The van der Waals surface area contributed by atoms with Gasteiger partial charge in [0.05, 0.1) is 43.7 Å². The Bertz CT molecular complexity index is 1180. The smallest absolute Gasteiger partial charge is 0.186 e. The molecule has 6 fully saturated rings. The minimum Gasteiger partial charge on any atom is -0.394 e. The van der Waals surface area contributed by atoms with Crippen LogP contribution in [-0.2, 0) is 28.4 Å². The molecule has 13 heteroatoms. The van der Waals surface area contributed by atoms with Crippen LogP contribution in [0.2, 0.25) is 0 Å². The highest BCUT2D eigenvalue weighted by molar-refractivity contribution is 5.15. The fraction of sp³-hybridized carbons (Fsp3) is 1.00. The molecule has 52 heavy (non-hydrogen) atoms. The Morgan fingerprint density at radius 3 is 2.08 bits per heavy atom. The van der Waals surface area contributed by atoms with E-state index in [0.29, 0.717) is 19.3 Å². The molecule has 13 nitrogen and oxygen atoms in total. The number of aliphatic hydroxyl groups is 7. The molecule has 0 spiro atoms. The van der Waals surface area contributed by atoms with Gasteiger partial charge in [0.1, 0.15) is 36.6 Å². The number of rotatable bonds is 12. The van der Waals surface area contributed by atoms with Gasteiger partial charge in [0, 0.05) is 20.1 Å². The molecule has 0 amide bonds. The number of methoxy groups -OCH3 is 2. The van der Waals surface area contributed by atoms with E-state index in [2.05, 4.69) is 34.6 Å². The van der Waals surface area contributed by atoms with Crippen molar-refractivity contribution in [1.82, 2.24) is 0 Å². The van der Waals surface area contributed by atoms with Crippen molar-refractivity contribution in [3.05, 3.63) is 0 Å². The molecule has 6 aliphatic rings. The first-order valence-electron chi connectivity index (χ1n) is 19.9. The van der Waals surface area contributed by atoms with Crippen LogP contribution in [0.4, 0.5) is 0 Å². The summed E-state index contributed by atoms with van der Waals surface area (Å²) in [6.45, 7) is 10.7. The van der Waals surface area contributed by atoms with E-state index in [4.69, 9.17) is 28.4 Å². The Kier molecular flexibility index (Phi) is 12.8. The second-order valence-corrected chi connectivity index (χ2v) is 18.1. The molecule has 0 aromatic heterocycles. The molecule has 0 radical (unpaired) electrons. The Morgan fingerprint density at radius 2 is 1.44 bits per heavy atom. The third-order valence-electron chi connectivity index (χ3n) is 15.2. The molecule has 302 valence electrons. The molecule has 0 aromatic carbocycles. The number of aliphatic hydroxyl groups excluding tert-OH is 7. The van der Waals surface area contributed by atoms with E-state index in [9.17, 15) is 35.7 Å². The van der Waals surface area contributed by atoms with Crippen molar-refractivity contribution in [3.8, 4) is 0 Å².